The molecule has 0 aliphatic rings. The molecule has 0 bridgehead atoms. The predicted octanol–water partition coefficient (Wildman–Crippen LogP) is 3.42. The zero-order chi connectivity index (χ0) is 16.5. The number of unbranched alkanes of at least 4 members (excludes halogenated alkanes) is 1. The molecular formula is C15H19F2NO4. The molecule has 1 N–H and O–H groups in total. The maximum absolute atomic E-state index is 14.2. The SMILES string of the molecule is CCOC(=O)Nc1cc(F)cc(CCCCC(=O)OC)c1F. The first-order chi connectivity index (χ1) is 10.5. The van der Waals surface area contributed by atoms with Crippen LogP contribution >= 0.6 is 0 Å². The second kappa shape index (κ2) is 8.96. The summed E-state index contributed by atoms with van der Waals surface area (Å²) in [6, 6.07) is 1.97. The molecule has 0 aliphatic heterocycles. The lowest BCUT2D eigenvalue weighted by Gasteiger charge is -2.10. The lowest BCUT2D eigenvalue weighted by molar-refractivity contribution is -0.140. The molecule has 122 valence electrons. The number of benzene rings is 1. The first-order valence-electron chi connectivity index (χ1n) is 6.96. The number of carbonyl (C=O) groups excluding carboxylic acids is 2. The smallest absolute Gasteiger partial charge is 0.411 e. The number of amides is 1. The quantitative estimate of drug-likeness (QED) is 0.618. The van der Waals surface area contributed by atoms with E-state index in [4.69, 9.17) is 0 Å². The number of esters is 1. The Labute approximate surface area is 127 Å². The topological polar surface area (TPSA) is 64.6 Å². The summed E-state index contributed by atoms with van der Waals surface area (Å²) in [7, 11) is 1.29. The third-order valence-corrected chi connectivity index (χ3v) is 2.93. The molecule has 0 unspecified atom stereocenters. The molecule has 0 aromatic heterocycles. The summed E-state index contributed by atoms with van der Waals surface area (Å²) in [4.78, 5) is 22.2. The number of hydrogen-bond acceptors (Lipinski definition) is 4. The number of rotatable bonds is 7. The second-order valence-electron chi connectivity index (χ2n) is 4.56. The second-order valence-corrected chi connectivity index (χ2v) is 4.56. The predicted molar refractivity (Wildman–Crippen MR) is 76.6 cm³/mol. The summed E-state index contributed by atoms with van der Waals surface area (Å²) in [5.74, 6) is -1.70. The number of nitrogens with one attached hydrogen (secondary N) is 1. The van der Waals surface area contributed by atoms with Gasteiger partial charge in [0.1, 0.15) is 11.6 Å². The van der Waals surface area contributed by atoms with Crippen LogP contribution in [0.1, 0.15) is 31.7 Å². The van der Waals surface area contributed by atoms with Gasteiger partial charge in [-0.1, -0.05) is 0 Å². The van der Waals surface area contributed by atoms with Gasteiger partial charge in [-0.15, -0.1) is 0 Å². The van der Waals surface area contributed by atoms with Crippen LogP contribution in [0.4, 0.5) is 19.3 Å². The standard InChI is InChI=1S/C15H19F2NO4/c1-3-22-15(20)18-12-9-11(16)8-10(14(12)17)6-4-5-7-13(19)21-2/h8-9H,3-7H2,1-2H3,(H,18,20). The molecular weight excluding hydrogens is 296 g/mol. The highest BCUT2D eigenvalue weighted by molar-refractivity contribution is 5.84. The van der Waals surface area contributed by atoms with Crippen molar-refractivity contribution in [3.63, 3.8) is 0 Å². The fourth-order valence-corrected chi connectivity index (χ4v) is 1.88. The molecule has 22 heavy (non-hydrogen) atoms. The van der Waals surface area contributed by atoms with E-state index in [-0.39, 0.29) is 36.7 Å². The maximum atomic E-state index is 14.2. The van der Waals surface area contributed by atoms with Gasteiger partial charge in [-0.2, -0.15) is 0 Å². The minimum atomic E-state index is -0.844. The molecule has 0 radical (unpaired) electrons. The van der Waals surface area contributed by atoms with E-state index in [9.17, 15) is 18.4 Å². The minimum absolute atomic E-state index is 0.128. The summed E-state index contributed by atoms with van der Waals surface area (Å²) >= 11 is 0. The van der Waals surface area contributed by atoms with E-state index in [0.29, 0.717) is 12.8 Å². The highest BCUT2D eigenvalue weighted by Crippen LogP contribution is 2.22. The number of hydrogen-bond donors (Lipinski definition) is 1. The van der Waals surface area contributed by atoms with Crippen LogP contribution in [0.5, 0.6) is 0 Å². The monoisotopic (exact) mass is 315 g/mol. The molecule has 1 aromatic rings. The van der Waals surface area contributed by atoms with Gasteiger partial charge in [0.25, 0.3) is 0 Å². The highest BCUT2D eigenvalue weighted by atomic mass is 19.1. The fraction of sp³-hybridized carbons (Fsp3) is 0.467. The van der Waals surface area contributed by atoms with Gasteiger partial charge in [-0.25, -0.2) is 13.6 Å². The number of aryl methyl sites for hydroxylation is 1. The third-order valence-electron chi connectivity index (χ3n) is 2.93. The van der Waals surface area contributed by atoms with E-state index in [2.05, 4.69) is 14.8 Å². The largest absolute Gasteiger partial charge is 0.469 e. The van der Waals surface area contributed by atoms with Crippen LogP contribution in [0.2, 0.25) is 0 Å². The van der Waals surface area contributed by atoms with Crippen LogP contribution in [0, 0.1) is 11.6 Å². The molecule has 0 atom stereocenters. The van der Waals surface area contributed by atoms with Crippen molar-refractivity contribution in [1.82, 2.24) is 0 Å². The Morgan fingerprint density at radius 1 is 1.23 bits per heavy atom. The van der Waals surface area contributed by atoms with E-state index in [1.807, 2.05) is 0 Å². The van der Waals surface area contributed by atoms with Crippen molar-refractivity contribution in [1.29, 1.82) is 0 Å². The number of carbonyl (C=O) groups is 2. The van der Waals surface area contributed by atoms with Crippen molar-refractivity contribution >= 4 is 17.7 Å². The van der Waals surface area contributed by atoms with Crippen LogP contribution in [0.25, 0.3) is 0 Å². The Hall–Kier alpha value is -2.18. The number of halogens is 2. The van der Waals surface area contributed by atoms with Gasteiger partial charge in [0.15, 0.2) is 0 Å². The molecule has 0 aliphatic carbocycles. The molecule has 0 spiro atoms. The van der Waals surface area contributed by atoms with Gasteiger partial charge >= 0.3 is 12.1 Å². The van der Waals surface area contributed by atoms with E-state index < -0.39 is 17.7 Å². The lowest BCUT2D eigenvalue weighted by Crippen LogP contribution is -2.15. The Morgan fingerprint density at radius 2 is 1.95 bits per heavy atom. The molecule has 1 amide bonds. The molecule has 0 saturated heterocycles. The summed E-state index contributed by atoms with van der Waals surface area (Å²) in [6.07, 6.45) is 0.625. The van der Waals surface area contributed by atoms with Gasteiger partial charge < -0.3 is 9.47 Å². The van der Waals surface area contributed by atoms with Crippen LogP contribution in [0.3, 0.4) is 0 Å². The molecule has 0 heterocycles. The third kappa shape index (κ3) is 5.67. The normalized spacial score (nSPS) is 10.2. The number of anilines is 1. The molecule has 1 rings (SSSR count). The van der Waals surface area contributed by atoms with Crippen LogP contribution in [0.15, 0.2) is 12.1 Å². The van der Waals surface area contributed by atoms with E-state index >= 15 is 0 Å². The zero-order valence-electron chi connectivity index (χ0n) is 12.6. The maximum Gasteiger partial charge on any atom is 0.411 e. The number of methoxy groups -OCH3 is 1. The number of ether oxygens (including phenoxy) is 2. The minimum Gasteiger partial charge on any atom is -0.469 e. The van der Waals surface area contributed by atoms with Gasteiger partial charge in [0.2, 0.25) is 0 Å². The van der Waals surface area contributed by atoms with Crippen molar-refractivity contribution < 1.29 is 27.8 Å². The summed E-state index contributed by atoms with van der Waals surface area (Å²) in [5.41, 5.74) is -0.127. The van der Waals surface area contributed by atoms with Crippen LogP contribution in [-0.2, 0) is 20.7 Å². The Kier molecular flexibility index (Phi) is 7.28. The first kappa shape index (κ1) is 17.9. The van der Waals surface area contributed by atoms with Crippen molar-refractivity contribution in [2.75, 3.05) is 19.0 Å². The van der Waals surface area contributed by atoms with Crippen molar-refractivity contribution in [3.8, 4) is 0 Å². The summed E-state index contributed by atoms with van der Waals surface area (Å²) in [5, 5.41) is 2.16. The molecule has 5 nitrogen and oxygen atoms in total. The Bertz CT molecular complexity index is 535. The average Bonchev–Trinajstić information content (AvgIpc) is 2.47. The fourth-order valence-electron chi connectivity index (χ4n) is 1.88. The highest BCUT2D eigenvalue weighted by Gasteiger charge is 2.14. The lowest BCUT2D eigenvalue weighted by atomic mass is 10.1. The van der Waals surface area contributed by atoms with E-state index in [1.165, 1.54) is 7.11 Å². The van der Waals surface area contributed by atoms with Gasteiger partial charge in [-0.05, 0) is 37.8 Å². The molecule has 0 saturated carbocycles. The van der Waals surface area contributed by atoms with Gasteiger partial charge in [-0.3, -0.25) is 10.1 Å². The van der Waals surface area contributed by atoms with Crippen molar-refractivity contribution in [2.24, 2.45) is 0 Å². The van der Waals surface area contributed by atoms with E-state index in [0.717, 1.165) is 12.1 Å². The van der Waals surface area contributed by atoms with Crippen molar-refractivity contribution in [3.05, 3.63) is 29.3 Å². The Balaban J connectivity index is 2.68. The Morgan fingerprint density at radius 3 is 2.59 bits per heavy atom. The molecule has 1 aromatic carbocycles. The first-order valence-corrected chi connectivity index (χ1v) is 6.96. The average molecular weight is 315 g/mol. The van der Waals surface area contributed by atoms with Crippen LogP contribution in [-0.4, -0.2) is 25.8 Å². The van der Waals surface area contributed by atoms with Crippen molar-refractivity contribution in [2.45, 2.75) is 32.6 Å². The molecule has 7 heteroatoms. The summed E-state index contributed by atoms with van der Waals surface area (Å²) in [6.45, 7) is 1.73. The zero-order valence-corrected chi connectivity index (χ0v) is 12.6. The van der Waals surface area contributed by atoms with Gasteiger partial charge in [0.05, 0.1) is 19.4 Å². The van der Waals surface area contributed by atoms with E-state index in [1.54, 1.807) is 6.92 Å². The molecule has 0 fully saturated rings. The van der Waals surface area contributed by atoms with Gasteiger partial charge in [0, 0.05) is 12.5 Å². The van der Waals surface area contributed by atoms with Crippen LogP contribution < -0.4 is 5.32 Å². The summed E-state index contributed by atoms with van der Waals surface area (Å²) < 4.78 is 36.8.